The van der Waals surface area contributed by atoms with Crippen molar-refractivity contribution < 1.29 is 14.6 Å². The summed E-state index contributed by atoms with van der Waals surface area (Å²) in [5.74, 6) is 2.20. The number of aromatic hydroxyl groups is 1. The minimum Gasteiger partial charge on any atom is -0.506 e. The maximum atomic E-state index is 9.53. The smallest absolute Gasteiger partial charge is 0.164 e. The molecule has 0 saturated heterocycles. The maximum absolute atomic E-state index is 9.53. The van der Waals surface area contributed by atoms with E-state index in [1.54, 1.807) is 24.5 Å². The fraction of sp³-hybridized carbons (Fsp3) is 0.105. The molecule has 7 heteroatoms. The Kier molecular flexibility index (Phi) is 3.24. The molecule has 0 fully saturated rings. The summed E-state index contributed by atoms with van der Waals surface area (Å²) in [4.78, 5) is 13.2. The molecular formula is C19H14N4O3. The van der Waals surface area contributed by atoms with Gasteiger partial charge in [-0.1, -0.05) is 0 Å². The normalized spacial score (nSPS) is 13.1. The third-order valence-corrected chi connectivity index (χ3v) is 4.22. The number of fused-ring (bicyclic) bond motifs is 2. The molecule has 1 aliphatic rings. The van der Waals surface area contributed by atoms with Crippen LogP contribution in [0.15, 0.2) is 55.0 Å². The average molecular weight is 346 g/mol. The van der Waals surface area contributed by atoms with Gasteiger partial charge in [0.05, 0.1) is 23.6 Å². The second-order valence-corrected chi connectivity index (χ2v) is 5.86. The van der Waals surface area contributed by atoms with E-state index in [-0.39, 0.29) is 5.75 Å². The van der Waals surface area contributed by atoms with E-state index in [4.69, 9.17) is 9.47 Å². The summed E-state index contributed by atoms with van der Waals surface area (Å²) < 4.78 is 13.3. The molecule has 0 atom stereocenters. The van der Waals surface area contributed by atoms with Gasteiger partial charge < -0.3 is 14.6 Å². The molecule has 1 N–H and O–H groups in total. The van der Waals surface area contributed by atoms with Crippen molar-refractivity contribution in [2.75, 3.05) is 13.2 Å². The van der Waals surface area contributed by atoms with Gasteiger partial charge in [-0.05, 0) is 30.3 Å². The van der Waals surface area contributed by atoms with E-state index in [1.165, 1.54) is 6.20 Å². The molecule has 0 bridgehead atoms. The van der Waals surface area contributed by atoms with Crippen LogP contribution in [0.3, 0.4) is 0 Å². The first-order valence-corrected chi connectivity index (χ1v) is 8.17. The predicted octanol–water partition coefficient (Wildman–Crippen LogP) is 2.96. The molecule has 0 aliphatic carbocycles. The summed E-state index contributed by atoms with van der Waals surface area (Å²) in [5.41, 5.74) is 3.19. The largest absolute Gasteiger partial charge is 0.506 e. The third kappa shape index (κ3) is 2.33. The summed E-state index contributed by atoms with van der Waals surface area (Å²) in [6.45, 7) is 1.08. The molecule has 5 rings (SSSR count). The lowest BCUT2D eigenvalue weighted by atomic mass is 10.2. The monoisotopic (exact) mass is 346 g/mol. The van der Waals surface area contributed by atoms with Crippen LogP contribution in [0.25, 0.3) is 28.2 Å². The second-order valence-electron chi connectivity index (χ2n) is 5.86. The van der Waals surface area contributed by atoms with E-state index >= 15 is 0 Å². The van der Waals surface area contributed by atoms with Crippen molar-refractivity contribution >= 4 is 11.0 Å². The van der Waals surface area contributed by atoms with Crippen molar-refractivity contribution in [1.82, 2.24) is 19.5 Å². The van der Waals surface area contributed by atoms with Crippen molar-refractivity contribution in [2.45, 2.75) is 0 Å². The van der Waals surface area contributed by atoms with E-state index in [2.05, 4.69) is 15.0 Å². The van der Waals surface area contributed by atoms with Gasteiger partial charge in [0.1, 0.15) is 30.2 Å². The molecular weight excluding hydrogens is 332 g/mol. The molecule has 1 aliphatic heterocycles. The Morgan fingerprint density at radius 3 is 2.69 bits per heavy atom. The fourth-order valence-electron chi connectivity index (χ4n) is 3.05. The summed E-state index contributed by atoms with van der Waals surface area (Å²) in [6.07, 6.45) is 4.85. The van der Waals surface area contributed by atoms with E-state index in [1.807, 2.05) is 28.8 Å². The van der Waals surface area contributed by atoms with Crippen LogP contribution in [-0.2, 0) is 0 Å². The Hall–Kier alpha value is -3.61. The molecule has 0 radical (unpaired) electrons. The summed E-state index contributed by atoms with van der Waals surface area (Å²) in [5, 5.41) is 9.53. The standard InChI is InChI=1S/C19H14N4O3/c24-13-2-3-14(21-10-13)19-22-15-11-20-6-5-16(15)23(19)12-1-4-17-18(9-12)26-8-7-25-17/h1-6,9-11,24H,7-8H2. The van der Waals surface area contributed by atoms with Gasteiger partial charge in [0, 0.05) is 12.3 Å². The van der Waals surface area contributed by atoms with Gasteiger partial charge in [0.2, 0.25) is 0 Å². The van der Waals surface area contributed by atoms with E-state index in [9.17, 15) is 5.11 Å². The van der Waals surface area contributed by atoms with Crippen LogP contribution in [0, 0.1) is 0 Å². The van der Waals surface area contributed by atoms with Crippen LogP contribution >= 0.6 is 0 Å². The zero-order chi connectivity index (χ0) is 17.5. The van der Waals surface area contributed by atoms with Gasteiger partial charge in [-0.25, -0.2) is 9.97 Å². The Labute approximate surface area is 148 Å². The van der Waals surface area contributed by atoms with Gasteiger partial charge in [-0.2, -0.15) is 0 Å². The van der Waals surface area contributed by atoms with Crippen LogP contribution in [0.1, 0.15) is 0 Å². The van der Waals surface area contributed by atoms with Crippen molar-refractivity contribution in [3.63, 3.8) is 0 Å². The lowest BCUT2D eigenvalue weighted by Crippen LogP contribution is -2.15. The summed E-state index contributed by atoms with van der Waals surface area (Å²) in [6, 6.07) is 11.0. The Balaban J connectivity index is 1.76. The topological polar surface area (TPSA) is 82.3 Å². The minimum absolute atomic E-state index is 0.109. The Morgan fingerprint density at radius 1 is 0.962 bits per heavy atom. The van der Waals surface area contributed by atoms with Gasteiger partial charge in [-0.15, -0.1) is 0 Å². The van der Waals surface area contributed by atoms with Gasteiger partial charge in [-0.3, -0.25) is 9.55 Å². The van der Waals surface area contributed by atoms with E-state index in [0.717, 1.165) is 22.5 Å². The second kappa shape index (κ2) is 5.73. The number of ether oxygens (including phenoxy) is 2. The van der Waals surface area contributed by atoms with Crippen molar-refractivity contribution in [3.05, 3.63) is 55.0 Å². The molecule has 3 aromatic heterocycles. The highest BCUT2D eigenvalue weighted by Crippen LogP contribution is 2.35. The van der Waals surface area contributed by atoms with Crippen molar-refractivity contribution in [3.8, 4) is 34.5 Å². The molecule has 1 aromatic carbocycles. The van der Waals surface area contributed by atoms with Crippen molar-refractivity contribution in [2.24, 2.45) is 0 Å². The summed E-state index contributed by atoms with van der Waals surface area (Å²) >= 11 is 0. The number of aromatic nitrogens is 4. The Morgan fingerprint density at radius 2 is 1.85 bits per heavy atom. The Bertz CT molecular complexity index is 1110. The molecule has 0 amide bonds. The number of pyridine rings is 2. The zero-order valence-corrected chi connectivity index (χ0v) is 13.7. The first kappa shape index (κ1) is 14.7. The van der Waals surface area contributed by atoms with Crippen LogP contribution in [-0.4, -0.2) is 37.8 Å². The van der Waals surface area contributed by atoms with Gasteiger partial charge >= 0.3 is 0 Å². The molecule has 26 heavy (non-hydrogen) atoms. The predicted molar refractivity (Wildman–Crippen MR) is 94.8 cm³/mol. The average Bonchev–Trinajstić information content (AvgIpc) is 3.07. The number of benzene rings is 1. The molecule has 0 saturated carbocycles. The number of nitrogens with zero attached hydrogens (tertiary/aromatic N) is 4. The lowest BCUT2D eigenvalue weighted by molar-refractivity contribution is 0.171. The van der Waals surface area contributed by atoms with Gasteiger partial charge in [0.15, 0.2) is 17.3 Å². The maximum Gasteiger partial charge on any atom is 0.164 e. The lowest BCUT2D eigenvalue weighted by Gasteiger charge is -2.19. The molecule has 0 spiro atoms. The van der Waals surface area contributed by atoms with Gasteiger partial charge in [0.25, 0.3) is 0 Å². The van der Waals surface area contributed by atoms with Crippen LogP contribution < -0.4 is 9.47 Å². The third-order valence-electron chi connectivity index (χ3n) is 4.22. The number of imidazole rings is 1. The quantitative estimate of drug-likeness (QED) is 0.601. The van der Waals surface area contributed by atoms with Crippen LogP contribution in [0.2, 0.25) is 0 Å². The molecule has 0 unspecified atom stereocenters. The number of rotatable bonds is 2. The molecule has 128 valence electrons. The minimum atomic E-state index is 0.109. The SMILES string of the molecule is Oc1ccc(-c2nc3cnccc3n2-c2ccc3c(c2)OCCO3)nc1. The highest BCUT2D eigenvalue weighted by atomic mass is 16.6. The highest BCUT2D eigenvalue weighted by molar-refractivity contribution is 5.82. The van der Waals surface area contributed by atoms with Crippen molar-refractivity contribution in [1.29, 1.82) is 0 Å². The van der Waals surface area contributed by atoms with E-state index < -0.39 is 0 Å². The zero-order valence-electron chi connectivity index (χ0n) is 13.7. The highest BCUT2D eigenvalue weighted by Gasteiger charge is 2.18. The number of hydrogen-bond acceptors (Lipinski definition) is 6. The molecule has 4 aromatic rings. The first-order chi connectivity index (χ1) is 12.8. The van der Waals surface area contributed by atoms with Crippen LogP contribution in [0.5, 0.6) is 17.2 Å². The molecule has 7 nitrogen and oxygen atoms in total. The van der Waals surface area contributed by atoms with Crippen LogP contribution in [0.4, 0.5) is 0 Å². The molecule has 4 heterocycles. The summed E-state index contributed by atoms with van der Waals surface area (Å²) in [7, 11) is 0. The fourth-order valence-corrected chi connectivity index (χ4v) is 3.05. The first-order valence-electron chi connectivity index (χ1n) is 8.17. The number of hydrogen-bond donors (Lipinski definition) is 1. The van der Waals surface area contributed by atoms with E-state index in [0.29, 0.717) is 30.5 Å².